The monoisotopic (exact) mass is 265 g/mol. The highest BCUT2D eigenvalue weighted by molar-refractivity contribution is 5.93. The second kappa shape index (κ2) is 8.26. The molecule has 1 aromatic carbocycles. The van der Waals surface area contributed by atoms with Gasteiger partial charge in [-0.15, -0.1) is 0 Å². The second-order valence-corrected chi connectivity index (χ2v) is 4.36. The van der Waals surface area contributed by atoms with Gasteiger partial charge in [-0.2, -0.15) is 0 Å². The minimum Gasteiger partial charge on any atom is -0.481 e. The highest BCUT2D eigenvalue weighted by atomic mass is 16.4. The van der Waals surface area contributed by atoms with Crippen molar-refractivity contribution >= 4 is 17.6 Å². The Morgan fingerprint density at radius 1 is 1.11 bits per heavy atom. The van der Waals surface area contributed by atoms with Gasteiger partial charge in [0.25, 0.3) is 5.91 Å². The van der Waals surface area contributed by atoms with Crippen LogP contribution in [0.3, 0.4) is 0 Å². The molecule has 0 bridgehead atoms. The third-order valence-corrected chi connectivity index (χ3v) is 2.71. The number of hydrogen-bond donors (Lipinski definition) is 3. The maximum absolute atomic E-state index is 11.6. The molecule has 3 N–H and O–H groups in total. The zero-order valence-electron chi connectivity index (χ0n) is 10.7. The average Bonchev–Trinajstić information content (AvgIpc) is 2.38. The third-order valence-electron chi connectivity index (χ3n) is 2.71. The molecule has 0 fully saturated rings. The van der Waals surface area contributed by atoms with E-state index in [-0.39, 0.29) is 6.42 Å². The number of hydrogen-bond acceptors (Lipinski definition) is 3. The van der Waals surface area contributed by atoms with Gasteiger partial charge in [-0.3, -0.25) is 9.59 Å². The van der Waals surface area contributed by atoms with Crippen LogP contribution in [0, 0.1) is 0 Å². The van der Waals surface area contributed by atoms with Crippen LogP contribution in [0.15, 0.2) is 30.3 Å². The number of aliphatic carboxylic acids is 1. The van der Waals surface area contributed by atoms with Crippen molar-refractivity contribution in [3.63, 3.8) is 0 Å². The quantitative estimate of drug-likeness (QED) is 0.628. The summed E-state index contributed by atoms with van der Waals surface area (Å²) in [6.45, 7) is 0. The van der Waals surface area contributed by atoms with Gasteiger partial charge in [-0.25, -0.2) is 0 Å². The summed E-state index contributed by atoms with van der Waals surface area (Å²) in [7, 11) is 0. The predicted molar refractivity (Wildman–Crippen MR) is 71.8 cm³/mol. The van der Waals surface area contributed by atoms with E-state index in [1.54, 1.807) is 24.3 Å². The third kappa shape index (κ3) is 6.57. The van der Waals surface area contributed by atoms with E-state index in [2.05, 4.69) is 5.32 Å². The van der Waals surface area contributed by atoms with Crippen molar-refractivity contribution in [1.82, 2.24) is 0 Å². The summed E-state index contributed by atoms with van der Waals surface area (Å²) in [5.41, 5.74) is 0.650. The first-order chi connectivity index (χ1) is 9.09. The van der Waals surface area contributed by atoms with E-state index in [9.17, 15) is 14.7 Å². The van der Waals surface area contributed by atoms with Crippen molar-refractivity contribution in [1.29, 1.82) is 0 Å². The minimum absolute atomic E-state index is 0.131. The zero-order chi connectivity index (χ0) is 14.1. The maximum Gasteiger partial charge on any atom is 0.303 e. The van der Waals surface area contributed by atoms with Crippen LogP contribution in [0.5, 0.6) is 0 Å². The average molecular weight is 265 g/mol. The van der Waals surface area contributed by atoms with Gasteiger partial charge in [0.05, 0.1) is 0 Å². The lowest BCUT2D eigenvalue weighted by Gasteiger charge is -2.11. The van der Waals surface area contributed by atoms with E-state index in [1.807, 2.05) is 6.07 Å². The van der Waals surface area contributed by atoms with Crippen molar-refractivity contribution < 1.29 is 19.8 Å². The van der Waals surface area contributed by atoms with Crippen molar-refractivity contribution in [2.24, 2.45) is 0 Å². The standard InChI is InChI=1S/C14H19NO4/c16-12(9-5-2-6-10-13(17)18)14(19)15-11-7-3-1-4-8-11/h1,3-4,7-8,12,16H,2,5-6,9-10H2,(H,15,19)(H,17,18)/t12-/m1/s1. The molecule has 0 aliphatic carbocycles. The molecule has 5 nitrogen and oxygen atoms in total. The van der Waals surface area contributed by atoms with Crippen molar-refractivity contribution in [3.8, 4) is 0 Å². The van der Waals surface area contributed by atoms with E-state index in [1.165, 1.54) is 0 Å². The number of rotatable bonds is 8. The molecule has 0 aliphatic rings. The van der Waals surface area contributed by atoms with E-state index >= 15 is 0 Å². The highest BCUT2D eigenvalue weighted by Crippen LogP contribution is 2.09. The van der Waals surface area contributed by atoms with Gasteiger partial charge in [0.2, 0.25) is 0 Å². The van der Waals surface area contributed by atoms with Crippen LogP contribution in [0.4, 0.5) is 5.69 Å². The maximum atomic E-state index is 11.6. The number of nitrogens with one attached hydrogen (secondary N) is 1. The van der Waals surface area contributed by atoms with E-state index in [4.69, 9.17) is 5.11 Å². The van der Waals surface area contributed by atoms with Gasteiger partial charge >= 0.3 is 5.97 Å². The topological polar surface area (TPSA) is 86.6 Å². The summed E-state index contributed by atoms with van der Waals surface area (Å²) in [4.78, 5) is 21.9. The molecule has 0 saturated heterocycles. The first-order valence-corrected chi connectivity index (χ1v) is 6.35. The van der Waals surface area contributed by atoms with Gasteiger partial charge < -0.3 is 15.5 Å². The molecular formula is C14H19NO4. The molecule has 1 atom stereocenters. The SMILES string of the molecule is O=C(O)CCCCC[C@@H](O)C(=O)Nc1ccccc1. The van der Waals surface area contributed by atoms with Crippen molar-refractivity contribution in [3.05, 3.63) is 30.3 Å². The summed E-state index contributed by atoms with van der Waals surface area (Å²) >= 11 is 0. The number of aliphatic hydroxyl groups excluding tert-OH is 1. The highest BCUT2D eigenvalue weighted by Gasteiger charge is 2.14. The van der Waals surface area contributed by atoms with E-state index in [0.29, 0.717) is 31.4 Å². The van der Waals surface area contributed by atoms with Crippen LogP contribution in [-0.2, 0) is 9.59 Å². The fourth-order valence-electron chi connectivity index (χ4n) is 1.67. The lowest BCUT2D eigenvalue weighted by molar-refractivity contribution is -0.137. The molecule has 19 heavy (non-hydrogen) atoms. The molecule has 0 aliphatic heterocycles. The van der Waals surface area contributed by atoms with Crippen molar-refractivity contribution in [2.45, 2.75) is 38.2 Å². The second-order valence-electron chi connectivity index (χ2n) is 4.36. The first kappa shape index (κ1) is 15.2. The number of carbonyl (C=O) groups is 2. The Kier molecular flexibility index (Phi) is 6.60. The van der Waals surface area contributed by atoms with E-state index < -0.39 is 18.0 Å². The predicted octanol–water partition coefficient (Wildman–Crippen LogP) is 2.02. The Bertz CT molecular complexity index is 405. The lowest BCUT2D eigenvalue weighted by atomic mass is 10.1. The van der Waals surface area contributed by atoms with Crippen LogP contribution in [0.1, 0.15) is 32.1 Å². The number of unbranched alkanes of at least 4 members (excludes halogenated alkanes) is 2. The summed E-state index contributed by atoms with van der Waals surface area (Å²) in [6.07, 6.45) is 1.33. The number of carbonyl (C=O) groups excluding carboxylic acids is 1. The molecule has 0 heterocycles. The molecule has 1 rings (SSSR count). The fraction of sp³-hybridized carbons (Fsp3) is 0.429. The number of carboxylic acids is 1. The smallest absolute Gasteiger partial charge is 0.303 e. The Morgan fingerprint density at radius 2 is 1.79 bits per heavy atom. The molecule has 0 saturated carbocycles. The molecule has 1 aromatic rings. The largest absolute Gasteiger partial charge is 0.481 e. The van der Waals surface area contributed by atoms with Crippen LogP contribution in [0.2, 0.25) is 0 Å². The van der Waals surface area contributed by atoms with Gasteiger partial charge in [0.15, 0.2) is 0 Å². The lowest BCUT2D eigenvalue weighted by Crippen LogP contribution is -2.27. The van der Waals surface area contributed by atoms with Crippen LogP contribution in [-0.4, -0.2) is 28.2 Å². The van der Waals surface area contributed by atoms with Crippen LogP contribution in [0.25, 0.3) is 0 Å². The zero-order valence-corrected chi connectivity index (χ0v) is 10.7. The number of aliphatic hydroxyl groups is 1. The Labute approximate surface area is 112 Å². The molecule has 0 unspecified atom stereocenters. The molecule has 104 valence electrons. The van der Waals surface area contributed by atoms with Gasteiger partial charge in [-0.05, 0) is 25.0 Å². The molecule has 5 heteroatoms. The molecule has 0 radical (unpaired) electrons. The summed E-state index contributed by atoms with van der Waals surface area (Å²) in [5, 5.41) is 20.7. The van der Waals surface area contributed by atoms with Crippen LogP contribution >= 0.6 is 0 Å². The molecule has 0 aromatic heterocycles. The Balaban J connectivity index is 2.20. The van der Waals surface area contributed by atoms with Crippen LogP contribution < -0.4 is 5.32 Å². The fourth-order valence-corrected chi connectivity index (χ4v) is 1.67. The molecule has 1 amide bonds. The van der Waals surface area contributed by atoms with Gasteiger partial charge in [0.1, 0.15) is 6.10 Å². The summed E-state index contributed by atoms with van der Waals surface area (Å²) in [5.74, 6) is -1.24. The number of anilines is 1. The number of para-hydroxylation sites is 1. The number of amides is 1. The minimum atomic E-state index is -1.05. The van der Waals surface area contributed by atoms with E-state index in [0.717, 1.165) is 0 Å². The number of carboxylic acid groups (broad SMARTS) is 1. The first-order valence-electron chi connectivity index (χ1n) is 6.35. The normalized spacial score (nSPS) is 11.8. The Morgan fingerprint density at radius 3 is 2.42 bits per heavy atom. The van der Waals surface area contributed by atoms with Gasteiger partial charge in [-0.1, -0.05) is 31.0 Å². The number of benzene rings is 1. The summed E-state index contributed by atoms with van der Waals surface area (Å²) < 4.78 is 0. The Hall–Kier alpha value is -1.88. The van der Waals surface area contributed by atoms with Crippen molar-refractivity contribution in [2.75, 3.05) is 5.32 Å². The molecule has 0 spiro atoms. The summed E-state index contributed by atoms with van der Waals surface area (Å²) in [6, 6.07) is 8.94. The van der Waals surface area contributed by atoms with Gasteiger partial charge in [0, 0.05) is 12.1 Å². The molecular weight excluding hydrogens is 246 g/mol.